The third-order valence-electron chi connectivity index (χ3n) is 8.56. The van der Waals surface area contributed by atoms with Crippen molar-refractivity contribution in [1.29, 1.82) is 0 Å². The molecule has 0 spiro atoms. The molecule has 3 unspecified atom stereocenters. The molecule has 3 heterocycles. The fraction of sp³-hybridized carbons (Fsp3) is 0.600. The number of nitrogens with zero attached hydrogens (tertiary/aromatic N) is 4. The quantitative estimate of drug-likeness (QED) is 0.409. The molecule has 2 aromatic rings. The number of amides is 2. The van der Waals surface area contributed by atoms with Crippen molar-refractivity contribution in [2.24, 2.45) is 11.8 Å². The molecule has 1 aromatic heterocycles. The van der Waals surface area contributed by atoms with Gasteiger partial charge in [-0.1, -0.05) is 25.1 Å². The van der Waals surface area contributed by atoms with Gasteiger partial charge in [0.05, 0.1) is 19.7 Å². The van der Waals surface area contributed by atoms with Crippen LogP contribution in [0, 0.1) is 11.8 Å². The smallest absolute Gasteiger partial charge is 0.248 e. The van der Waals surface area contributed by atoms with Crippen LogP contribution in [0.2, 0.25) is 0 Å². The first-order chi connectivity index (χ1) is 20.7. The second-order valence-electron chi connectivity index (χ2n) is 11.4. The normalized spacial score (nSPS) is 21.3. The summed E-state index contributed by atoms with van der Waals surface area (Å²) in [6.07, 6.45) is 4.09. The van der Waals surface area contributed by atoms with Gasteiger partial charge in [-0.2, -0.15) is 4.98 Å². The van der Waals surface area contributed by atoms with Crippen LogP contribution in [0.1, 0.15) is 46.0 Å². The van der Waals surface area contributed by atoms with Gasteiger partial charge in [-0.25, -0.2) is 4.98 Å². The summed E-state index contributed by atoms with van der Waals surface area (Å²) in [5.41, 5.74) is 0.528. The Balaban J connectivity index is 1.48. The van der Waals surface area contributed by atoms with E-state index < -0.39 is 18.0 Å². The van der Waals surface area contributed by atoms with Crippen LogP contribution in [0.3, 0.4) is 0 Å². The van der Waals surface area contributed by atoms with Crippen LogP contribution in [0.15, 0.2) is 12.1 Å². The summed E-state index contributed by atoms with van der Waals surface area (Å²) in [7, 11) is 3.07. The van der Waals surface area contributed by atoms with Crippen LogP contribution < -0.4 is 25.0 Å². The molecular formula is C30H40N6O6S. The maximum absolute atomic E-state index is 13.8. The minimum atomic E-state index is -0.669. The number of ketones is 1. The van der Waals surface area contributed by atoms with E-state index in [1.807, 2.05) is 4.90 Å². The monoisotopic (exact) mass is 612 g/mol. The summed E-state index contributed by atoms with van der Waals surface area (Å²) in [4.78, 5) is 65.1. The predicted molar refractivity (Wildman–Crippen MR) is 165 cm³/mol. The van der Waals surface area contributed by atoms with E-state index >= 15 is 0 Å². The molecule has 13 heteroatoms. The van der Waals surface area contributed by atoms with E-state index in [-0.39, 0.29) is 34.4 Å². The molecule has 1 aliphatic carbocycles. The summed E-state index contributed by atoms with van der Waals surface area (Å²) >= 11 is 1.11. The summed E-state index contributed by atoms with van der Waals surface area (Å²) in [5, 5.41) is 6.83. The fourth-order valence-corrected chi connectivity index (χ4v) is 6.56. The van der Waals surface area contributed by atoms with Gasteiger partial charge in [0.15, 0.2) is 22.4 Å². The van der Waals surface area contributed by atoms with Crippen LogP contribution in [0.5, 0.6) is 11.5 Å². The first kappa shape index (κ1) is 31.0. The number of rotatable bonds is 10. The van der Waals surface area contributed by atoms with Crippen LogP contribution in [-0.4, -0.2) is 95.8 Å². The molecule has 2 saturated heterocycles. The topological polar surface area (TPSA) is 143 Å². The number of likely N-dealkylation sites (tertiary alicyclic amines) is 1. The zero-order chi connectivity index (χ0) is 30.7. The van der Waals surface area contributed by atoms with Crippen LogP contribution in [0.4, 0.5) is 11.8 Å². The Morgan fingerprint density at radius 2 is 1.79 bits per heavy atom. The minimum absolute atomic E-state index is 0.0463. The maximum Gasteiger partial charge on any atom is 0.248 e. The van der Waals surface area contributed by atoms with Gasteiger partial charge in [0.25, 0.3) is 0 Å². The van der Waals surface area contributed by atoms with E-state index in [0.29, 0.717) is 73.1 Å². The minimum Gasteiger partial charge on any atom is -0.493 e. The number of thioether (sulfide) groups is 1. The SMILES string of the molecule is COc1cc2nc(N3CCNCC3C(=O)C3CCC3)nc(NC(=O)C3CCCN3C(=O)C(C)CSC(C)=O)c2cc1OC. The molecule has 3 fully saturated rings. The number of fused-ring (bicyclic) bond motifs is 1. The average molecular weight is 613 g/mol. The number of Topliss-reactive ketones (excluding diaryl/α,β-unsaturated/α-hetero) is 1. The number of hydrogen-bond acceptors (Lipinski definition) is 11. The second-order valence-corrected chi connectivity index (χ2v) is 12.6. The van der Waals surface area contributed by atoms with E-state index in [2.05, 4.69) is 10.6 Å². The summed E-state index contributed by atoms with van der Waals surface area (Å²) in [6, 6.07) is 2.39. The molecule has 12 nitrogen and oxygen atoms in total. The van der Waals surface area contributed by atoms with Crippen molar-refractivity contribution in [2.75, 3.05) is 56.4 Å². The van der Waals surface area contributed by atoms with Crippen LogP contribution in [0.25, 0.3) is 10.9 Å². The second kappa shape index (κ2) is 13.5. The molecule has 3 atom stereocenters. The number of carbonyl (C=O) groups excluding carboxylic acids is 4. The van der Waals surface area contributed by atoms with Gasteiger partial charge in [-0.05, 0) is 31.7 Å². The van der Waals surface area contributed by atoms with Crippen LogP contribution in [-0.2, 0) is 19.2 Å². The highest BCUT2D eigenvalue weighted by atomic mass is 32.2. The van der Waals surface area contributed by atoms with E-state index in [9.17, 15) is 19.2 Å². The Labute approximate surface area is 255 Å². The van der Waals surface area contributed by atoms with E-state index in [0.717, 1.165) is 31.0 Å². The number of aromatic nitrogens is 2. The summed E-state index contributed by atoms with van der Waals surface area (Å²) in [6.45, 7) is 5.44. The Hall–Kier alpha value is -3.45. The van der Waals surface area contributed by atoms with Gasteiger partial charge < -0.3 is 29.9 Å². The molecule has 2 N–H and O–H groups in total. The Kier molecular flexibility index (Phi) is 9.70. The molecule has 0 bridgehead atoms. The van der Waals surface area contributed by atoms with E-state index in [4.69, 9.17) is 19.4 Å². The predicted octanol–water partition coefficient (Wildman–Crippen LogP) is 2.64. The van der Waals surface area contributed by atoms with Crippen molar-refractivity contribution in [1.82, 2.24) is 20.2 Å². The molecule has 2 amide bonds. The molecule has 0 radical (unpaired) electrons. The summed E-state index contributed by atoms with van der Waals surface area (Å²) in [5.74, 6) is 1.28. The Bertz CT molecular complexity index is 1400. The largest absolute Gasteiger partial charge is 0.493 e. The number of ether oxygens (including phenoxy) is 2. The lowest BCUT2D eigenvalue weighted by molar-refractivity contribution is -0.139. The first-order valence-electron chi connectivity index (χ1n) is 14.9. The Morgan fingerprint density at radius 1 is 1.05 bits per heavy atom. The van der Waals surface area contributed by atoms with Crippen molar-refractivity contribution in [3.05, 3.63) is 12.1 Å². The molecule has 43 heavy (non-hydrogen) atoms. The highest BCUT2D eigenvalue weighted by Crippen LogP contribution is 2.36. The molecule has 5 rings (SSSR count). The number of carbonyl (C=O) groups is 4. The number of anilines is 2. The highest BCUT2D eigenvalue weighted by molar-refractivity contribution is 8.13. The lowest BCUT2D eigenvalue weighted by Gasteiger charge is -2.38. The van der Waals surface area contributed by atoms with E-state index in [1.165, 1.54) is 14.0 Å². The van der Waals surface area contributed by atoms with Gasteiger partial charge >= 0.3 is 0 Å². The highest BCUT2D eigenvalue weighted by Gasteiger charge is 2.39. The van der Waals surface area contributed by atoms with Crippen molar-refractivity contribution in [2.45, 2.75) is 58.0 Å². The standard InChI is InChI=1S/C30H40N6O6S/c1-17(16-43-18(2)37)29(40)35-11-6-9-22(35)28(39)33-27-20-13-24(41-3)25(42-4)14-21(20)32-30(34-27)36-12-10-31-15-23(36)26(38)19-7-5-8-19/h13-14,17,19,22-23,31H,5-12,15-16H2,1-4H3,(H,32,33,34,39). The van der Waals surface area contributed by atoms with Gasteiger partial charge in [-0.15, -0.1) is 0 Å². The first-order valence-corrected chi connectivity index (χ1v) is 15.9. The van der Waals surface area contributed by atoms with Crippen molar-refractivity contribution < 1.29 is 28.7 Å². The lowest BCUT2D eigenvalue weighted by atomic mass is 9.79. The lowest BCUT2D eigenvalue weighted by Crippen LogP contribution is -2.57. The van der Waals surface area contributed by atoms with Gasteiger partial charge in [0.2, 0.25) is 17.8 Å². The number of nitrogens with one attached hydrogen (secondary N) is 2. The molecule has 1 aromatic carbocycles. The zero-order valence-corrected chi connectivity index (χ0v) is 26.0. The molecule has 232 valence electrons. The van der Waals surface area contributed by atoms with Gasteiger partial charge in [-0.3, -0.25) is 19.2 Å². The van der Waals surface area contributed by atoms with Gasteiger partial charge in [0, 0.05) is 62.1 Å². The van der Waals surface area contributed by atoms with Gasteiger partial charge in [0.1, 0.15) is 17.9 Å². The molecule has 2 aliphatic heterocycles. The number of methoxy groups -OCH3 is 2. The zero-order valence-electron chi connectivity index (χ0n) is 25.2. The number of piperazine rings is 1. The molecular weight excluding hydrogens is 572 g/mol. The number of benzene rings is 1. The third-order valence-corrected chi connectivity index (χ3v) is 9.64. The van der Waals surface area contributed by atoms with E-state index in [1.54, 1.807) is 31.1 Å². The van der Waals surface area contributed by atoms with Crippen molar-refractivity contribution >= 4 is 57.1 Å². The maximum atomic E-state index is 13.8. The fourth-order valence-electron chi connectivity index (χ4n) is 5.93. The average Bonchev–Trinajstić information content (AvgIpc) is 3.48. The molecule has 3 aliphatic rings. The van der Waals surface area contributed by atoms with Crippen molar-refractivity contribution in [3.8, 4) is 11.5 Å². The third kappa shape index (κ3) is 6.57. The van der Waals surface area contributed by atoms with Crippen LogP contribution >= 0.6 is 11.8 Å². The summed E-state index contributed by atoms with van der Waals surface area (Å²) < 4.78 is 11.0. The number of hydrogen-bond donors (Lipinski definition) is 2. The van der Waals surface area contributed by atoms with Crippen molar-refractivity contribution in [3.63, 3.8) is 0 Å². The molecule has 1 saturated carbocycles. The Morgan fingerprint density at radius 3 is 2.47 bits per heavy atom.